The molecular formula is C52H35N5O. The van der Waals surface area contributed by atoms with E-state index in [0.29, 0.717) is 5.84 Å². The highest BCUT2D eigenvalue weighted by Gasteiger charge is 2.29. The fraction of sp³-hybridized carbons (Fsp3) is 0.0385. The molecule has 0 aliphatic carbocycles. The molecule has 2 aliphatic heterocycles. The molecule has 10 aromatic rings. The Morgan fingerprint density at radius 1 is 0.517 bits per heavy atom. The summed E-state index contributed by atoms with van der Waals surface area (Å²) in [6.07, 6.45) is -0.331. The molecule has 2 aliphatic rings. The smallest absolute Gasteiger partial charge is 0.159 e. The normalized spacial score (nSPS) is 16.1. The minimum absolute atomic E-state index is 0.0144. The van der Waals surface area contributed by atoms with Crippen molar-refractivity contribution in [2.24, 2.45) is 9.98 Å². The van der Waals surface area contributed by atoms with E-state index in [-0.39, 0.29) is 12.2 Å². The van der Waals surface area contributed by atoms with Gasteiger partial charge in [-0.25, -0.2) is 9.98 Å². The highest BCUT2D eigenvalue weighted by molar-refractivity contribution is 6.19. The number of amidine groups is 2. The third-order valence-electron chi connectivity index (χ3n) is 11.7. The van der Waals surface area contributed by atoms with Gasteiger partial charge in [-0.1, -0.05) is 127 Å². The van der Waals surface area contributed by atoms with Gasteiger partial charge in [0.2, 0.25) is 0 Å². The highest BCUT2D eigenvalue weighted by atomic mass is 16.3. The SMILES string of the molecule is c1ccc(C2N=C(c3ccc4c(c3)oc3ccc5c(c34)-c3ccccc3NC5c3ccccc3)N=C(c3ccc4c(c3)c3ccccc3n4-c3ccccc3)N2)cc1. The lowest BCUT2D eigenvalue weighted by Crippen LogP contribution is -2.33. The minimum Gasteiger partial charge on any atom is -0.456 e. The van der Waals surface area contributed by atoms with Crippen LogP contribution in [0.1, 0.15) is 40.0 Å². The quantitative estimate of drug-likeness (QED) is 0.184. The van der Waals surface area contributed by atoms with E-state index >= 15 is 0 Å². The van der Waals surface area contributed by atoms with Crippen LogP contribution in [0.25, 0.3) is 60.6 Å². The lowest BCUT2D eigenvalue weighted by atomic mass is 9.84. The van der Waals surface area contributed by atoms with E-state index in [2.05, 4.69) is 197 Å². The van der Waals surface area contributed by atoms with Crippen LogP contribution < -0.4 is 10.6 Å². The molecule has 2 N–H and O–H groups in total. The molecule has 0 saturated carbocycles. The maximum Gasteiger partial charge on any atom is 0.159 e. The molecule has 6 nitrogen and oxygen atoms in total. The van der Waals surface area contributed by atoms with Crippen molar-refractivity contribution in [1.29, 1.82) is 0 Å². The van der Waals surface area contributed by atoms with Crippen LogP contribution in [-0.2, 0) is 0 Å². The van der Waals surface area contributed by atoms with Gasteiger partial charge >= 0.3 is 0 Å². The fourth-order valence-electron chi connectivity index (χ4n) is 9.03. The molecule has 274 valence electrons. The monoisotopic (exact) mass is 745 g/mol. The van der Waals surface area contributed by atoms with E-state index in [9.17, 15) is 0 Å². The first-order chi connectivity index (χ1) is 28.7. The van der Waals surface area contributed by atoms with Crippen molar-refractivity contribution in [1.82, 2.24) is 9.88 Å². The van der Waals surface area contributed by atoms with E-state index < -0.39 is 0 Å². The third-order valence-corrected chi connectivity index (χ3v) is 11.7. The van der Waals surface area contributed by atoms with Crippen LogP contribution in [0.5, 0.6) is 0 Å². The predicted molar refractivity (Wildman–Crippen MR) is 237 cm³/mol. The first kappa shape index (κ1) is 32.5. The topological polar surface area (TPSA) is 66.8 Å². The summed E-state index contributed by atoms with van der Waals surface area (Å²) in [7, 11) is 0. The molecule has 0 saturated heterocycles. The van der Waals surface area contributed by atoms with E-state index in [1.165, 1.54) is 38.5 Å². The molecule has 8 aromatic carbocycles. The number of aliphatic imine (C=N–C) groups is 2. The van der Waals surface area contributed by atoms with Crippen molar-refractivity contribution in [3.05, 3.63) is 216 Å². The summed E-state index contributed by atoms with van der Waals surface area (Å²) in [6, 6.07) is 66.2. The molecule has 58 heavy (non-hydrogen) atoms. The van der Waals surface area contributed by atoms with Crippen molar-refractivity contribution >= 4 is 61.1 Å². The largest absolute Gasteiger partial charge is 0.456 e. The second kappa shape index (κ2) is 12.9. The van der Waals surface area contributed by atoms with Crippen molar-refractivity contribution in [3.8, 4) is 16.8 Å². The zero-order valence-corrected chi connectivity index (χ0v) is 31.3. The van der Waals surface area contributed by atoms with Gasteiger partial charge in [0.1, 0.15) is 23.2 Å². The Bertz CT molecular complexity index is 3290. The summed E-state index contributed by atoms with van der Waals surface area (Å²) in [5, 5.41) is 12.1. The standard InChI is InChI=1S/C52H35N5O/c1-4-14-32(15-5-1)49-40-27-29-45-48(47(40)38-21-10-12-22-42(38)53-49)39-26-24-35(31-46(39)58-45)52-55-50(33-16-6-2-7-17-33)54-51(56-52)34-25-28-44-41(30-34)37-20-11-13-23-43(37)57(44)36-18-8-3-9-19-36/h1-31,49-50,53H,(H,54,55,56). The molecule has 0 spiro atoms. The van der Waals surface area contributed by atoms with Crippen LogP contribution >= 0.6 is 0 Å². The number of hydrogen-bond acceptors (Lipinski definition) is 5. The van der Waals surface area contributed by atoms with Gasteiger partial charge in [0.25, 0.3) is 0 Å². The second-order valence-corrected chi connectivity index (χ2v) is 15.0. The minimum atomic E-state index is -0.331. The zero-order chi connectivity index (χ0) is 38.2. The van der Waals surface area contributed by atoms with E-state index in [4.69, 9.17) is 14.4 Å². The Hall–Kier alpha value is -7.70. The van der Waals surface area contributed by atoms with Gasteiger partial charge in [-0.15, -0.1) is 0 Å². The molecule has 0 amide bonds. The third kappa shape index (κ3) is 5.12. The number of rotatable bonds is 5. The first-order valence-corrected chi connectivity index (χ1v) is 19.7. The van der Waals surface area contributed by atoms with E-state index in [1.807, 2.05) is 6.07 Å². The van der Waals surface area contributed by atoms with Crippen molar-refractivity contribution < 1.29 is 4.42 Å². The van der Waals surface area contributed by atoms with Gasteiger partial charge in [-0.05, 0) is 77.4 Å². The molecule has 2 unspecified atom stereocenters. The summed E-state index contributed by atoms with van der Waals surface area (Å²) in [4.78, 5) is 10.5. The van der Waals surface area contributed by atoms with Crippen LogP contribution in [0, 0.1) is 0 Å². The van der Waals surface area contributed by atoms with E-state index in [0.717, 1.165) is 61.4 Å². The Morgan fingerprint density at radius 2 is 1.22 bits per heavy atom. The molecule has 4 heterocycles. The molecule has 0 fully saturated rings. The van der Waals surface area contributed by atoms with Crippen molar-refractivity contribution in [2.75, 3.05) is 5.32 Å². The average molecular weight is 746 g/mol. The summed E-state index contributed by atoms with van der Waals surface area (Å²) in [5.74, 6) is 1.42. The number of furan rings is 1. The summed E-state index contributed by atoms with van der Waals surface area (Å²) < 4.78 is 9.05. The Labute approximate surface area is 334 Å². The van der Waals surface area contributed by atoms with Gasteiger partial charge in [0.05, 0.1) is 17.1 Å². The van der Waals surface area contributed by atoms with Crippen LogP contribution in [0.15, 0.2) is 202 Å². The number of para-hydroxylation sites is 3. The number of benzene rings is 8. The molecular weight excluding hydrogens is 711 g/mol. The van der Waals surface area contributed by atoms with E-state index in [1.54, 1.807) is 0 Å². The average Bonchev–Trinajstić information content (AvgIpc) is 3.84. The second-order valence-electron chi connectivity index (χ2n) is 15.0. The predicted octanol–water partition coefficient (Wildman–Crippen LogP) is 12.4. The Kier molecular flexibility index (Phi) is 7.25. The van der Waals surface area contributed by atoms with Gasteiger partial charge in [0.15, 0.2) is 5.84 Å². The zero-order valence-electron chi connectivity index (χ0n) is 31.3. The number of nitrogens with zero attached hydrogens (tertiary/aromatic N) is 3. The number of anilines is 1. The van der Waals surface area contributed by atoms with Crippen molar-refractivity contribution in [2.45, 2.75) is 12.2 Å². The molecule has 6 heteroatoms. The maximum absolute atomic E-state index is 6.71. The lowest BCUT2D eigenvalue weighted by Gasteiger charge is -2.30. The molecule has 2 atom stereocenters. The Morgan fingerprint density at radius 3 is 2.07 bits per heavy atom. The molecule has 2 aromatic heterocycles. The first-order valence-electron chi connectivity index (χ1n) is 19.7. The van der Waals surface area contributed by atoms with Gasteiger partial charge < -0.3 is 19.6 Å². The van der Waals surface area contributed by atoms with Gasteiger partial charge in [-0.2, -0.15) is 0 Å². The van der Waals surface area contributed by atoms with Gasteiger partial charge in [0, 0.05) is 55.2 Å². The summed E-state index contributed by atoms with van der Waals surface area (Å²) >= 11 is 0. The number of nitrogens with one attached hydrogen (secondary N) is 2. The van der Waals surface area contributed by atoms with Gasteiger partial charge in [-0.3, -0.25) is 0 Å². The maximum atomic E-state index is 6.71. The van der Waals surface area contributed by atoms with Crippen LogP contribution in [0.4, 0.5) is 5.69 Å². The van der Waals surface area contributed by atoms with Crippen LogP contribution in [0.3, 0.4) is 0 Å². The highest BCUT2D eigenvalue weighted by Crippen LogP contribution is 2.48. The number of aromatic nitrogens is 1. The summed E-state index contributed by atoms with van der Waals surface area (Å²) in [5.41, 5.74) is 14.0. The number of fused-ring (bicyclic) bond motifs is 10. The molecule has 0 bridgehead atoms. The Balaban J connectivity index is 1.01. The molecule has 0 radical (unpaired) electrons. The fourth-order valence-corrected chi connectivity index (χ4v) is 9.03. The molecule has 12 rings (SSSR count). The summed E-state index contributed by atoms with van der Waals surface area (Å²) in [6.45, 7) is 0. The van der Waals surface area contributed by atoms with Crippen LogP contribution in [0.2, 0.25) is 0 Å². The van der Waals surface area contributed by atoms with Crippen LogP contribution in [-0.4, -0.2) is 16.2 Å². The number of hydrogen-bond donors (Lipinski definition) is 2. The van der Waals surface area contributed by atoms with Crippen molar-refractivity contribution in [3.63, 3.8) is 0 Å². The lowest BCUT2D eigenvalue weighted by molar-refractivity contribution is 0.667.